The van der Waals surface area contributed by atoms with Crippen LogP contribution in [-0.2, 0) is 29.5 Å². The molecule has 1 aliphatic heterocycles. The molecule has 7 nitrogen and oxygen atoms in total. The quantitative estimate of drug-likeness (QED) is 0.710. The van der Waals surface area contributed by atoms with Crippen molar-refractivity contribution in [2.45, 2.75) is 31.3 Å². The van der Waals surface area contributed by atoms with E-state index in [1.54, 1.807) is 10.6 Å². The minimum absolute atomic E-state index is 0.00771. The lowest BCUT2D eigenvalue weighted by atomic mass is 10.0. The molecule has 0 saturated heterocycles. The largest absolute Gasteiger partial charge is 0.477 e. The second-order valence-corrected chi connectivity index (χ2v) is 8.94. The summed E-state index contributed by atoms with van der Waals surface area (Å²) in [7, 11) is -3.83. The number of carboxylic acids is 1. The molecule has 0 amide bonds. The highest BCUT2D eigenvalue weighted by atomic mass is 32.2. The Bertz CT molecular complexity index is 1290. The van der Waals surface area contributed by atoms with Crippen molar-refractivity contribution in [3.05, 3.63) is 75.6 Å². The van der Waals surface area contributed by atoms with Gasteiger partial charge in [-0.05, 0) is 42.7 Å². The Labute approximate surface area is 167 Å². The molecule has 4 rings (SSSR count). The fourth-order valence-corrected chi connectivity index (χ4v) is 5.22. The van der Waals surface area contributed by atoms with Gasteiger partial charge in [0.1, 0.15) is 5.56 Å². The number of aromatic nitrogens is 1. The van der Waals surface area contributed by atoms with Crippen LogP contribution in [0.15, 0.2) is 58.4 Å². The normalized spacial score (nSPS) is 14.7. The van der Waals surface area contributed by atoms with Crippen molar-refractivity contribution in [2.24, 2.45) is 0 Å². The summed E-state index contributed by atoms with van der Waals surface area (Å²) in [5, 5.41) is 9.42. The van der Waals surface area contributed by atoms with E-state index < -0.39 is 21.4 Å². The number of carboxylic acid groups (broad SMARTS) is 1. The highest BCUT2D eigenvalue weighted by molar-refractivity contribution is 7.89. The van der Waals surface area contributed by atoms with Crippen LogP contribution in [-0.4, -0.2) is 34.9 Å². The highest BCUT2D eigenvalue weighted by Gasteiger charge is 2.29. The van der Waals surface area contributed by atoms with Crippen LogP contribution in [0.4, 0.5) is 0 Å². The molecule has 0 saturated carbocycles. The predicted molar refractivity (Wildman–Crippen MR) is 109 cm³/mol. The number of carbonyl (C=O) groups is 1. The van der Waals surface area contributed by atoms with Gasteiger partial charge in [0.15, 0.2) is 0 Å². The minimum Gasteiger partial charge on any atom is -0.477 e. The number of pyridine rings is 1. The summed E-state index contributed by atoms with van der Waals surface area (Å²) >= 11 is 0. The molecule has 2 heterocycles. The zero-order valence-corrected chi connectivity index (χ0v) is 16.6. The summed E-state index contributed by atoms with van der Waals surface area (Å²) in [6, 6.07) is 12.1. The predicted octanol–water partition coefficient (Wildman–Crippen LogP) is 2.47. The Morgan fingerprint density at radius 2 is 1.86 bits per heavy atom. The molecule has 0 unspecified atom stereocenters. The van der Waals surface area contributed by atoms with E-state index in [-0.39, 0.29) is 22.4 Å². The maximum atomic E-state index is 13.2. The third-order valence-electron chi connectivity index (χ3n) is 5.36. The first-order chi connectivity index (χ1) is 13.8. The third-order valence-corrected chi connectivity index (χ3v) is 7.20. The van der Waals surface area contributed by atoms with Gasteiger partial charge in [0.2, 0.25) is 15.5 Å². The number of hydrogen-bond acceptors (Lipinski definition) is 4. The lowest BCUT2D eigenvalue weighted by molar-refractivity contribution is 0.0695. The first-order valence-corrected chi connectivity index (χ1v) is 10.7. The molecule has 3 aromatic rings. The van der Waals surface area contributed by atoms with Crippen LogP contribution in [0.1, 0.15) is 28.4 Å². The number of sulfonamides is 1. The summed E-state index contributed by atoms with van der Waals surface area (Å²) in [5.41, 5.74) is 1.54. The molecule has 0 radical (unpaired) electrons. The van der Waals surface area contributed by atoms with Gasteiger partial charge in [0, 0.05) is 31.2 Å². The van der Waals surface area contributed by atoms with E-state index in [9.17, 15) is 23.1 Å². The van der Waals surface area contributed by atoms with Crippen molar-refractivity contribution >= 4 is 26.9 Å². The van der Waals surface area contributed by atoms with Crippen molar-refractivity contribution in [2.75, 3.05) is 6.54 Å². The topological polar surface area (TPSA) is 96.7 Å². The van der Waals surface area contributed by atoms with Gasteiger partial charge in [-0.1, -0.05) is 24.3 Å². The van der Waals surface area contributed by atoms with E-state index >= 15 is 0 Å². The van der Waals surface area contributed by atoms with Crippen LogP contribution < -0.4 is 5.43 Å². The summed E-state index contributed by atoms with van der Waals surface area (Å²) in [6.45, 7) is 2.90. The zero-order chi connectivity index (χ0) is 20.8. The number of fused-ring (bicyclic) bond motifs is 2. The SMILES string of the molecule is CCn1cc(C(=O)O)c(=O)c2cc(S(=O)(=O)N3CCc4ccccc4C3)ccc21. The van der Waals surface area contributed by atoms with Crippen LogP contribution in [0.5, 0.6) is 0 Å². The van der Waals surface area contributed by atoms with Gasteiger partial charge < -0.3 is 9.67 Å². The number of aryl methyl sites for hydroxylation is 1. The molecule has 0 spiro atoms. The van der Waals surface area contributed by atoms with E-state index in [1.165, 1.54) is 22.6 Å². The Balaban J connectivity index is 1.83. The number of benzene rings is 2. The average molecular weight is 412 g/mol. The first kappa shape index (κ1) is 19.4. The monoisotopic (exact) mass is 412 g/mol. The molecule has 0 atom stereocenters. The van der Waals surface area contributed by atoms with Crippen LogP contribution in [0.3, 0.4) is 0 Å². The Hall–Kier alpha value is -2.97. The van der Waals surface area contributed by atoms with Gasteiger partial charge in [-0.15, -0.1) is 0 Å². The van der Waals surface area contributed by atoms with E-state index in [1.807, 2.05) is 31.2 Å². The molecule has 1 aromatic heterocycles. The summed E-state index contributed by atoms with van der Waals surface area (Å²) in [4.78, 5) is 24.1. The van der Waals surface area contributed by atoms with Crippen molar-refractivity contribution in [3.8, 4) is 0 Å². The molecule has 1 aliphatic rings. The van der Waals surface area contributed by atoms with Crippen LogP contribution >= 0.6 is 0 Å². The van der Waals surface area contributed by atoms with Gasteiger partial charge in [-0.3, -0.25) is 4.79 Å². The molecule has 8 heteroatoms. The second kappa shape index (κ2) is 7.13. The molecule has 150 valence electrons. The number of hydrogen-bond donors (Lipinski definition) is 1. The number of nitrogens with zero attached hydrogens (tertiary/aromatic N) is 2. The van der Waals surface area contributed by atoms with Gasteiger partial charge in [0.05, 0.1) is 10.4 Å². The number of aromatic carboxylic acids is 1. The van der Waals surface area contributed by atoms with E-state index in [4.69, 9.17) is 0 Å². The van der Waals surface area contributed by atoms with Gasteiger partial charge in [0.25, 0.3) is 0 Å². The van der Waals surface area contributed by atoms with Gasteiger partial charge >= 0.3 is 5.97 Å². The minimum atomic E-state index is -3.83. The zero-order valence-electron chi connectivity index (χ0n) is 15.8. The van der Waals surface area contributed by atoms with Gasteiger partial charge in [-0.25, -0.2) is 13.2 Å². The van der Waals surface area contributed by atoms with E-state index in [0.29, 0.717) is 25.0 Å². The fourth-order valence-electron chi connectivity index (χ4n) is 3.78. The molecule has 0 bridgehead atoms. The Kier molecular flexibility index (Phi) is 4.76. The molecule has 29 heavy (non-hydrogen) atoms. The summed E-state index contributed by atoms with van der Waals surface area (Å²) < 4.78 is 29.5. The molecular weight excluding hydrogens is 392 g/mol. The average Bonchev–Trinajstić information content (AvgIpc) is 2.73. The lowest BCUT2D eigenvalue weighted by Gasteiger charge is -2.28. The summed E-state index contributed by atoms with van der Waals surface area (Å²) in [6.07, 6.45) is 1.91. The van der Waals surface area contributed by atoms with Crippen LogP contribution in [0.2, 0.25) is 0 Å². The second-order valence-electron chi connectivity index (χ2n) is 7.00. The van der Waals surface area contributed by atoms with Crippen molar-refractivity contribution in [1.29, 1.82) is 0 Å². The standard InChI is InChI=1S/C21H20N2O5S/c1-2-22-13-18(21(25)26)20(24)17-11-16(7-8-19(17)22)29(27,28)23-10-9-14-5-3-4-6-15(14)12-23/h3-8,11,13H,2,9-10,12H2,1H3,(H,25,26). The molecule has 1 N–H and O–H groups in total. The molecule has 2 aromatic carbocycles. The lowest BCUT2D eigenvalue weighted by Crippen LogP contribution is -2.36. The smallest absolute Gasteiger partial charge is 0.341 e. The maximum Gasteiger partial charge on any atom is 0.341 e. The van der Waals surface area contributed by atoms with Crippen molar-refractivity contribution < 1.29 is 18.3 Å². The Morgan fingerprint density at radius 1 is 1.14 bits per heavy atom. The van der Waals surface area contributed by atoms with Crippen molar-refractivity contribution in [3.63, 3.8) is 0 Å². The first-order valence-electron chi connectivity index (χ1n) is 9.30. The van der Waals surface area contributed by atoms with Gasteiger partial charge in [-0.2, -0.15) is 4.31 Å². The summed E-state index contributed by atoms with van der Waals surface area (Å²) in [5.74, 6) is -1.33. The Morgan fingerprint density at radius 3 is 2.55 bits per heavy atom. The molecular formula is C21H20N2O5S. The van der Waals surface area contributed by atoms with Crippen molar-refractivity contribution in [1.82, 2.24) is 8.87 Å². The maximum absolute atomic E-state index is 13.2. The molecule has 0 aliphatic carbocycles. The third kappa shape index (κ3) is 3.24. The highest BCUT2D eigenvalue weighted by Crippen LogP contribution is 2.26. The van der Waals surface area contributed by atoms with E-state index in [0.717, 1.165) is 11.1 Å². The van der Waals surface area contributed by atoms with Crippen LogP contribution in [0.25, 0.3) is 10.9 Å². The van der Waals surface area contributed by atoms with E-state index in [2.05, 4.69) is 0 Å². The fraction of sp³-hybridized carbons (Fsp3) is 0.238. The number of rotatable bonds is 4. The molecule has 0 fully saturated rings. The van der Waals surface area contributed by atoms with Crippen LogP contribution in [0, 0.1) is 0 Å².